The number of nitrogens with zero attached hydrogens (tertiary/aromatic N) is 1. The first-order chi connectivity index (χ1) is 39.6. The van der Waals surface area contributed by atoms with Crippen LogP contribution in [0.1, 0.15) is 50.1 Å². The van der Waals surface area contributed by atoms with Crippen molar-refractivity contribution < 1.29 is 0 Å². The van der Waals surface area contributed by atoms with Gasteiger partial charge in [-0.15, -0.1) is 0 Å². The molecule has 0 aliphatic heterocycles. The van der Waals surface area contributed by atoms with E-state index >= 15 is 0 Å². The topological polar surface area (TPSA) is 3.24 Å². The van der Waals surface area contributed by atoms with Crippen LogP contribution in [-0.4, -0.2) is 0 Å². The lowest BCUT2D eigenvalue weighted by Gasteiger charge is -2.34. The van der Waals surface area contributed by atoms with Gasteiger partial charge in [-0.1, -0.05) is 291 Å². The van der Waals surface area contributed by atoms with E-state index in [1.165, 1.54) is 105 Å². The Hall–Kier alpha value is -10.1. The van der Waals surface area contributed by atoms with Crippen molar-refractivity contribution in [2.45, 2.75) is 17.8 Å². The third-order valence-corrected chi connectivity index (χ3v) is 17.3. The number of hydrogen-bond acceptors (Lipinski definition) is 1. The lowest BCUT2D eigenvalue weighted by molar-refractivity contribution is 0.768. The highest BCUT2D eigenvalue weighted by Gasteiger charge is 2.48. The number of anilines is 3. The summed E-state index contributed by atoms with van der Waals surface area (Å²) in [5.41, 5.74) is 25.7. The van der Waals surface area contributed by atoms with Crippen LogP contribution in [0, 0.1) is 6.92 Å². The Bertz CT molecular complexity index is 4380. The molecule has 0 unspecified atom stereocenters. The van der Waals surface area contributed by atoms with Gasteiger partial charge in [-0.2, -0.15) is 0 Å². The minimum Gasteiger partial charge on any atom is -0.309 e. The van der Waals surface area contributed by atoms with E-state index in [9.17, 15) is 0 Å². The van der Waals surface area contributed by atoms with Gasteiger partial charge in [0.05, 0.1) is 22.2 Å². The van der Waals surface area contributed by atoms with Crippen LogP contribution in [0.2, 0.25) is 0 Å². The van der Waals surface area contributed by atoms with Crippen molar-refractivity contribution in [1.29, 1.82) is 0 Å². The SMILES string of the molecule is Cc1cccc(-c2cccc3cccc(-c4ccccc4N(c4ccc(-c5ccc6c(c5)C(c5ccccc5)(c5ccccc5)c5ccccc5-6)cc4)c4cccc5c4-c4ccccc4C5(c4ccccc4)c4ccccc4)c23)c1. The van der Waals surface area contributed by atoms with Gasteiger partial charge in [0.2, 0.25) is 0 Å². The zero-order chi connectivity index (χ0) is 53.2. The monoisotopic (exact) mass is 1020 g/mol. The highest BCUT2D eigenvalue weighted by molar-refractivity contribution is 6.09. The summed E-state index contributed by atoms with van der Waals surface area (Å²) in [6.45, 7) is 2.18. The van der Waals surface area contributed by atoms with Gasteiger partial charge in [0.25, 0.3) is 0 Å². The fraction of sp³-hybridized carbons (Fsp3) is 0.0380. The van der Waals surface area contributed by atoms with E-state index in [0.717, 1.165) is 28.2 Å². The predicted molar refractivity (Wildman–Crippen MR) is 334 cm³/mol. The second kappa shape index (κ2) is 19.1. The standard InChI is InChI=1S/C79H55N/c1-54-24-20-27-58(52-54)64-39-21-25-56-26-22-40-68(76(56)64)67-37-16-19-44-74(67)80(75-45-23-43-72-77(75)69-38-15-18-42-71(69)78(72,59-28-6-2-7-29-59)60-30-8-3-9-31-60)63-49-46-55(47-50-63)57-48-51-66-65-36-14-17-41-70(65)79(73(66)53-57,61-32-10-4-11-33-61)62-34-12-5-13-35-62/h2-53H,1H3. The molecule has 0 spiro atoms. The molecular formula is C79H55N. The molecule has 1 nitrogen and oxygen atoms in total. The van der Waals surface area contributed by atoms with Crippen molar-refractivity contribution in [3.63, 3.8) is 0 Å². The first-order valence-electron chi connectivity index (χ1n) is 27.9. The zero-order valence-corrected chi connectivity index (χ0v) is 44.5. The maximum atomic E-state index is 2.55. The summed E-state index contributed by atoms with van der Waals surface area (Å²) in [7, 11) is 0. The molecule has 0 amide bonds. The Balaban J connectivity index is 0.964. The minimum atomic E-state index is -0.570. The molecule has 1 heteroatoms. The number of para-hydroxylation sites is 1. The van der Waals surface area contributed by atoms with Crippen molar-refractivity contribution in [3.8, 4) is 55.6 Å². The molecule has 0 saturated carbocycles. The van der Waals surface area contributed by atoms with E-state index in [1.807, 2.05) is 0 Å². The Morgan fingerprint density at radius 3 is 1.34 bits per heavy atom. The van der Waals surface area contributed by atoms with Gasteiger partial charge in [-0.05, 0) is 137 Å². The summed E-state index contributed by atoms with van der Waals surface area (Å²) in [5.74, 6) is 0. The van der Waals surface area contributed by atoms with Gasteiger partial charge in [0, 0.05) is 16.8 Å². The van der Waals surface area contributed by atoms with Gasteiger partial charge >= 0.3 is 0 Å². The molecule has 376 valence electrons. The lowest BCUT2D eigenvalue weighted by atomic mass is 9.67. The van der Waals surface area contributed by atoms with Crippen molar-refractivity contribution in [2.24, 2.45) is 0 Å². The third kappa shape index (κ3) is 7.17. The maximum absolute atomic E-state index is 2.55. The van der Waals surface area contributed by atoms with Gasteiger partial charge < -0.3 is 4.90 Å². The van der Waals surface area contributed by atoms with E-state index in [0.29, 0.717) is 0 Å². The number of fused-ring (bicyclic) bond motifs is 7. The predicted octanol–water partition coefficient (Wildman–Crippen LogP) is 20.3. The largest absolute Gasteiger partial charge is 0.309 e. The lowest BCUT2D eigenvalue weighted by Crippen LogP contribution is -2.28. The second-order valence-electron chi connectivity index (χ2n) is 21.5. The average Bonchev–Trinajstić information content (AvgIpc) is 3.90. The molecule has 0 radical (unpaired) electrons. The van der Waals surface area contributed by atoms with E-state index in [-0.39, 0.29) is 0 Å². The minimum absolute atomic E-state index is 0.496. The van der Waals surface area contributed by atoms with Gasteiger partial charge in [-0.3, -0.25) is 0 Å². The van der Waals surface area contributed by atoms with Crippen LogP contribution in [0.25, 0.3) is 66.4 Å². The van der Waals surface area contributed by atoms with Crippen molar-refractivity contribution >= 4 is 27.8 Å². The second-order valence-corrected chi connectivity index (χ2v) is 21.5. The van der Waals surface area contributed by atoms with Gasteiger partial charge in [0.1, 0.15) is 0 Å². The molecule has 13 aromatic rings. The van der Waals surface area contributed by atoms with E-state index in [1.54, 1.807) is 0 Å². The van der Waals surface area contributed by atoms with Crippen molar-refractivity contribution in [3.05, 3.63) is 366 Å². The summed E-state index contributed by atoms with van der Waals surface area (Å²) in [4.78, 5) is 2.55. The van der Waals surface area contributed by atoms with Crippen LogP contribution in [0.4, 0.5) is 17.1 Å². The summed E-state index contributed by atoms with van der Waals surface area (Å²) in [5, 5.41) is 2.44. The molecule has 80 heavy (non-hydrogen) atoms. The van der Waals surface area contributed by atoms with Crippen LogP contribution < -0.4 is 4.90 Å². The third-order valence-electron chi connectivity index (χ3n) is 17.3. The number of rotatable bonds is 10. The molecule has 0 bridgehead atoms. The quantitative estimate of drug-likeness (QED) is 0.132. The van der Waals surface area contributed by atoms with E-state index < -0.39 is 10.8 Å². The summed E-state index contributed by atoms with van der Waals surface area (Å²) < 4.78 is 0. The summed E-state index contributed by atoms with van der Waals surface area (Å²) >= 11 is 0. The van der Waals surface area contributed by atoms with Crippen LogP contribution in [0.3, 0.4) is 0 Å². The first kappa shape index (κ1) is 47.2. The Kier molecular flexibility index (Phi) is 11.3. The normalized spacial score (nSPS) is 13.3. The number of hydrogen-bond donors (Lipinski definition) is 0. The van der Waals surface area contributed by atoms with Crippen LogP contribution in [0.15, 0.2) is 315 Å². The molecule has 0 fully saturated rings. The first-order valence-corrected chi connectivity index (χ1v) is 27.9. The fourth-order valence-corrected chi connectivity index (χ4v) is 14.0. The average molecular weight is 1020 g/mol. The fourth-order valence-electron chi connectivity index (χ4n) is 14.0. The molecule has 15 rings (SSSR count). The van der Waals surface area contributed by atoms with Crippen LogP contribution in [0.5, 0.6) is 0 Å². The smallest absolute Gasteiger partial charge is 0.0714 e. The summed E-state index contributed by atoms with van der Waals surface area (Å²) in [6.07, 6.45) is 0. The molecule has 2 aliphatic rings. The molecule has 0 saturated heterocycles. The van der Waals surface area contributed by atoms with Crippen LogP contribution >= 0.6 is 0 Å². The molecule has 13 aromatic carbocycles. The van der Waals surface area contributed by atoms with Crippen molar-refractivity contribution in [2.75, 3.05) is 4.90 Å². The van der Waals surface area contributed by atoms with Gasteiger partial charge in [0.15, 0.2) is 0 Å². The van der Waals surface area contributed by atoms with E-state index in [2.05, 4.69) is 327 Å². The van der Waals surface area contributed by atoms with Crippen molar-refractivity contribution in [1.82, 2.24) is 0 Å². The van der Waals surface area contributed by atoms with Gasteiger partial charge in [-0.25, -0.2) is 0 Å². The Morgan fingerprint density at radius 2 is 0.713 bits per heavy atom. The highest BCUT2D eigenvalue weighted by atomic mass is 15.1. The molecule has 0 heterocycles. The molecule has 0 atom stereocenters. The molecule has 0 N–H and O–H groups in total. The number of benzene rings is 13. The number of aryl methyl sites for hydroxylation is 1. The molecule has 2 aliphatic carbocycles. The highest BCUT2D eigenvalue weighted by Crippen LogP contribution is 2.61. The van der Waals surface area contributed by atoms with E-state index in [4.69, 9.17) is 0 Å². The Morgan fingerprint density at radius 1 is 0.263 bits per heavy atom. The molecular weight excluding hydrogens is 963 g/mol. The zero-order valence-electron chi connectivity index (χ0n) is 44.5. The summed E-state index contributed by atoms with van der Waals surface area (Å²) in [6, 6.07) is 118. The Labute approximate surface area is 469 Å². The van der Waals surface area contributed by atoms with Crippen LogP contribution in [-0.2, 0) is 10.8 Å². The maximum Gasteiger partial charge on any atom is 0.0714 e. The molecule has 0 aromatic heterocycles.